The van der Waals surface area contributed by atoms with Crippen molar-refractivity contribution >= 4 is 27.5 Å². The molecule has 4 rings (SSSR count). The van der Waals surface area contributed by atoms with Gasteiger partial charge in [0.15, 0.2) is 11.5 Å². The van der Waals surface area contributed by atoms with E-state index < -0.39 is 11.9 Å². The molecule has 0 saturated carbocycles. The van der Waals surface area contributed by atoms with Gasteiger partial charge in [0.1, 0.15) is 16.5 Å². The van der Waals surface area contributed by atoms with Crippen molar-refractivity contribution in [3.63, 3.8) is 0 Å². The lowest BCUT2D eigenvalue weighted by atomic mass is 9.93. The highest BCUT2D eigenvalue weighted by Gasteiger charge is 2.27. The van der Waals surface area contributed by atoms with E-state index in [4.69, 9.17) is 4.52 Å². The molecule has 3 heterocycles. The molecule has 0 amide bonds. The minimum Gasteiger partial charge on any atom is -0.507 e. The molecule has 0 radical (unpaired) electrons. The molecule has 1 aromatic carbocycles. The van der Waals surface area contributed by atoms with Crippen LogP contribution >= 0.6 is 11.3 Å². The number of rotatable bonds is 4. The van der Waals surface area contributed by atoms with Crippen LogP contribution in [0.3, 0.4) is 0 Å². The van der Waals surface area contributed by atoms with Crippen molar-refractivity contribution in [3.8, 4) is 28.8 Å². The number of carboxylic acid groups (broad SMARTS) is 1. The fraction of sp³-hybridized carbons (Fsp3) is 0.217. The lowest BCUT2D eigenvalue weighted by Crippen LogP contribution is -2.16. The smallest absolute Gasteiger partial charge is 0.314 e. The van der Waals surface area contributed by atoms with E-state index in [0.29, 0.717) is 17.0 Å². The molecule has 0 spiro atoms. The first-order valence-corrected chi connectivity index (χ1v) is 10.4. The van der Waals surface area contributed by atoms with Crippen molar-refractivity contribution in [2.24, 2.45) is 5.92 Å². The largest absolute Gasteiger partial charge is 0.507 e. The Morgan fingerprint density at radius 3 is 2.65 bits per heavy atom. The van der Waals surface area contributed by atoms with Crippen molar-refractivity contribution < 1.29 is 19.5 Å². The monoisotopic (exact) mass is 433 g/mol. The van der Waals surface area contributed by atoms with Gasteiger partial charge in [-0.2, -0.15) is 0 Å². The van der Waals surface area contributed by atoms with Gasteiger partial charge in [-0.25, -0.2) is 0 Å². The summed E-state index contributed by atoms with van der Waals surface area (Å²) in [6.45, 7) is 5.59. The Morgan fingerprint density at radius 1 is 1.16 bits per heavy atom. The molecular formula is C23H19N3O4S. The maximum absolute atomic E-state index is 11.5. The van der Waals surface area contributed by atoms with Gasteiger partial charge < -0.3 is 14.7 Å². The van der Waals surface area contributed by atoms with E-state index in [0.717, 1.165) is 20.7 Å². The van der Waals surface area contributed by atoms with Crippen LogP contribution in [0.15, 0.2) is 40.9 Å². The zero-order valence-corrected chi connectivity index (χ0v) is 17.9. The predicted octanol–water partition coefficient (Wildman–Crippen LogP) is 4.58. The second-order valence-corrected chi connectivity index (χ2v) is 8.45. The molecule has 0 aliphatic heterocycles. The van der Waals surface area contributed by atoms with E-state index in [1.807, 2.05) is 32.9 Å². The number of hydrogen-bond donors (Lipinski definition) is 2. The predicted molar refractivity (Wildman–Crippen MR) is 117 cm³/mol. The Morgan fingerprint density at radius 2 is 1.94 bits per heavy atom. The minimum atomic E-state index is -0.954. The molecule has 0 saturated heterocycles. The van der Waals surface area contributed by atoms with Gasteiger partial charge in [0.2, 0.25) is 0 Å². The van der Waals surface area contributed by atoms with E-state index in [1.54, 1.807) is 24.3 Å². The van der Waals surface area contributed by atoms with Crippen molar-refractivity contribution in [1.29, 1.82) is 0 Å². The van der Waals surface area contributed by atoms with Gasteiger partial charge >= 0.3 is 5.97 Å². The lowest BCUT2D eigenvalue weighted by Gasteiger charge is -2.11. The summed E-state index contributed by atoms with van der Waals surface area (Å²) in [7, 11) is 0. The topological polar surface area (TPSA) is 109 Å². The molecule has 0 aliphatic rings. The zero-order chi connectivity index (χ0) is 22.1. The summed E-state index contributed by atoms with van der Waals surface area (Å²) < 4.78 is 5.23. The van der Waals surface area contributed by atoms with E-state index in [-0.39, 0.29) is 17.4 Å². The Bertz CT molecular complexity index is 1340. The van der Waals surface area contributed by atoms with Crippen LogP contribution in [0.25, 0.3) is 21.5 Å². The van der Waals surface area contributed by atoms with Crippen molar-refractivity contribution in [2.45, 2.75) is 26.7 Å². The summed E-state index contributed by atoms with van der Waals surface area (Å²) in [5.41, 5.74) is 2.53. The summed E-state index contributed by atoms with van der Waals surface area (Å²) in [5.74, 6) is 4.61. The molecule has 8 heteroatoms. The Kier molecular flexibility index (Phi) is 5.44. The standard InChI is InChI=1S/C23H19N3O4S/c1-12(2)21(23(28)29)19-10-14(26-30-19)8-9-20-13(3)16-11-17(24-25-22(16)31-20)15-6-4-5-7-18(15)27/h4-7,10-12,21,27H,1-3H3,(H,28,29). The Hall–Kier alpha value is -3.70. The number of aryl methyl sites for hydroxylation is 1. The number of nitrogens with zero attached hydrogens (tertiary/aromatic N) is 3. The van der Waals surface area contributed by atoms with Crippen LogP contribution in [-0.2, 0) is 4.79 Å². The summed E-state index contributed by atoms with van der Waals surface area (Å²) in [5, 5.41) is 32.8. The fourth-order valence-corrected chi connectivity index (χ4v) is 4.27. The molecule has 2 N–H and O–H groups in total. The molecule has 0 fully saturated rings. The molecule has 156 valence electrons. The number of para-hydroxylation sites is 1. The summed E-state index contributed by atoms with van der Waals surface area (Å²) in [4.78, 5) is 13.0. The third-order valence-electron chi connectivity index (χ3n) is 4.96. The average molecular weight is 433 g/mol. The van der Waals surface area contributed by atoms with E-state index in [2.05, 4.69) is 27.2 Å². The van der Waals surface area contributed by atoms with Crippen LogP contribution in [0.2, 0.25) is 0 Å². The Balaban J connectivity index is 1.67. The second-order valence-electron chi connectivity index (χ2n) is 7.45. The first kappa shape index (κ1) is 20.6. The van der Waals surface area contributed by atoms with Gasteiger partial charge in [-0.3, -0.25) is 4.79 Å². The molecular weight excluding hydrogens is 414 g/mol. The normalized spacial score (nSPS) is 12.0. The number of phenols is 1. The number of aromatic hydroxyl groups is 1. The minimum absolute atomic E-state index is 0.132. The highest BCUT2D eigenvalue weighted by atomic mass is 32.1. The van der Waals surface area contributed by atoms with Crippen LogP contribution < -0.4 is 0 Å². The van der Waals surface area contributed by atoms with Gasteiger partial charge in [0, 0.05) is 17.0 Å². The van der Waals surface area contributed by atoms with Gasteiger partial charge in [-0.15, -0.1) is 21.5 Å². The Labute approximate surface area is 182 Å². The maximum Gasteiger partial charge on any atom is 0.314 e. The molecule has 4 aromatic rings. The number of carbonyl (C=O) groups is 1. The highest BCUT2D eigenvalue weighted by Crippen LogP contribution is 2.33. The molecule has 31 heavy (non-hydrogen) atoms. The summed E-state index contributed by atoms with van der Waals surface area (Å²) >= 11 is 1.41. The number of benzene rings is 1. The highest BCUT2D eigenvalue weighted by molar-refractivity contribution is 7.19. The number of carboxylic acids is 1. The molecule has 7 nitrogen and oxygen atoms in total. The average Bonchev–Trinajstić information content (AvgIpc) is 3.30. The van der Waals surface area contributed by atoms with Gasteiger partial charge in [-0.1, -0.05) is 31.1 Å². The SMILES string of the molecule is Cc1c(C#Cc2cc(C(C(=O)O)C(C)C)on2)sc2nnc(-c3ccccc3O)cc12. The lowest BCUT2D eigenvalue weighted by molar-refractivity contribution is -0.140. The molecule has 3 aromatic heterocycles. The van der Waals surface area contributed by atoms with Crippen molar-refractivity contribution in [3.05, 3.63) is 58.3 Å². The van der Waals surface area contributed by atoms with E-state index in [9.17, 15) is 15.0 Å². The van der Waals surface area contributed by atoms with Gasteiger partial charge in [0.25, 0.3) is 0 Å². The van der Waals surface area contributed by atoms with Gasteiger partial charge in [-0.05, 0) is 48.4 Å². The number of hydrogen-bond acceptors (Lipinski definition) is 7. The maximum atomic E-state index is 11.5. The molecule has 0 aliphatic carbocycles. The van der Waals surface area contributed by atoms with Crippen LogP contribution in [0.1, 0.15) is 41.7 Å². The third-order valence-corrected chi connectivity index (χ3v) is 6.06. The van der Waals surface area contributed by atoms with Crippen LogP contribution in [0.4, 0.5) is 0 Å². The van der Waals surface area contributed by atoms with Crippen LogP contribution in [0, 0.1) is 24.7 Å². The first-order valence-electron chi connectivity index (χ1n) is 9.61. The molecule has 1 unspecified atom stereocenters. The van der Waals surface area contributed by atoms with E-state index in [1.165, 1.54) is 11.3 Å². The molecule has 0 bridgehead atoms. The zero-order valence-electron chi connectivity index (χ0n) is 17.1. The number of aliphatic carboxylic acids is 1. The fourth-order valence-electron chi connectivity index (χ4n) is 3.31. The number of fused-ring (bicyclic) bond motifs is 1. The quantitative estimate of drug-likeness (QED) is 0.453. The second kappa shape index (κ2) is 8.20. The first-order chi connectivity index (χ1) is 14.8. The summed E-state index contributed by atoms with van der Waals surface area (Å²) in [6, 6.07) is 10.5. The van der Waals surface area contributed by atoms with Crippen LogP contribution in [-0.4, -0.2) is 31.5 Å². The van der Waals surface area contributed by atoms with E-state index >= 15 is 0 Å². The van der Waals surface area contributed by atoms with Crippen LogP contribution in [0.5, 0.6) is 5.75 Å². The number of thiophene rings is 1. The number of aromatic nitrogens is 3. The third kappa shape index (κ3) is 4.00. The number of phenolic OH excluding ortho intramolecular Hbond substituents is 1. The summed E-state index contributed by atoms with van der Waals surface area (Å²) in [6.07, 6.45) is 0. The van der Waals surface area contributed by atoms with Crippen molar-refractivity contribution in [2.75, 3.05) is 0 Å². The van der Waals surface area contributed by atoms with Gasteiger partial charge in [0.05, 0.1) is 10.6 Å². The molecule has 1 atom stereocenters. The van der Waals surface area contributed by atoms with Crippen molar-refractivity contribution in [1.82, 2.24) is 15.4 Å².